The highest BCUT2D eigenvalue weighted by molar-refractivity contribution is 5.70. The van der Waals surface area contributed by atoms with Crippen molar-refractivity contribution in [3.05, 3.63) is 29.8 Å². The molecule has 0 fully saturated rings. The summed E-state index contributed by atoms with van der Waals surface area (Å²) in [6.07, 6.45) is -0.460. The van der Waals surface area contributed by atoms with E-state index < -0.39 is 0 Å². The standard InChI is InChI=1S/C14H22N2O3/c1-6-16(5)14(17)18-13-9-7-8-12(10-13)11(2)19-15(3)4/h7-11H,6H2,1-5H3. The van der Waals surface area contributed by atoms with Crippen LogP contribution >= 0.6 is 0 Å². The van der Waals surface area contributed by atoms with Crippen LogP contribution in [0.5, 0.6) is 5.75 Å². The monoisotopic (exact) mass is 266 g/mol. The molecule has 1 amide bonds. The molecule has 1 unspecified atom stereocenters. The Bertz CT molecular complexity index is 421. The number of ether oxygens (including phenoxy) is 1. The van der Waals surface area contributed by atoms with Crippen LogP contribution in [0.3, 0.4) is 0 Å². The lowest BCUT2D eigenvalue weighted by molar-refractivity contribution is -0.160. The maximum absolute atomic E-state index is 11.7. The van der Waals surface area contributed by atoms with Crippen LogP contribution in [0, 0.1) is 0 Å². The van der Waals surface area contributed by atoms with Crippen LogP contribution in [-0.4, -0.2) is 43.7 Å². The molecule has 0 bridgehead atoms. The van der Waals surface area contributed by atoms with Crippen molar-refractivity contribution >= 4 is 6.09 Å². The van der Waals surface area contributed by atoms with Crippen molar-refractivity contribution < 1.29 is 14.4 Å². The summed E-state index contributed by atoms with van der Waals surface area (Å²) in [5.41, 5.74) is 0.957. The van der Waals surface area contributed by atoms with Crippen molar-refractivity contribution in [2.75, 3.05) is 27.7 Å². The average molecular weight is 266 g/mol. The van der Waals surface area contributed by atoms with Gasteiger partial charge in [-0.05, 0) is 31.5 Å². The molecule has 5 heteroatoms. The van der Waals surface area contributed by atoms with E-state index in [2.05, 4.69) is 0 Å². The molecule has 0 aromatic heterocycles. The zero-order chi connectivity index (χ0) is 14.4. The second kappa shape index (κ2) is 7.11. The molecule has 0 aliphatic heterocycles. The van der Waals surface area contributed by atoms with Crippen LogP contribution in [-0.2, 0) is 4.84 Å². The van der Waals surface area contributed by atoms with Crippen LogP contribution in [0.1, 0.15) is 25.5 Å². The molecule has 106 valence electrons. The van der Waals surface area contributed by atoms with Gasteiger partial charge in [0.05, 0.1) is 0 Å². The van der Waals surface area contributed by atoms with Gasteiger partial charge in [-0.2, -0.15) is 5.06 Å². The minimum atomic E-state index is -0.360. The number of benzene rings is 1. The fraction of sp³-hybridized carbons (Fsp3) is 0.500. The van der Waals surface area contributed by atoms with Crippen LogP contribution in [0.2, 0.25) is 0 Å². The topological polar surface area (TPSA) is 42.0 Å². The van der Waals surface area contributed by atoms with Gasteiger partial charge in [-0.3, -0.25) is 4.84 Å². The number of nitrogens with zero attached hydrogens (tertiary/aromatic N) is 2. The second-order valence-electron chi connectivity index (χ2n) is 4.51. The van der Waals surface area contributed by atoms with Gasteiger partial charge in [0.1, 0.15) is 11.9 Å². The second-order valence-corrected chi connectivity index (χ2v) is 4.51. The number of hydrogen-bond donors (Lipinski definition) is 0. The maximum atomic E-state index is 11.7. The first kappa shape index (κ1) is 15.5. The molecule has 1 atom stereocenters. The summed E-state index contributed by atoms with van der Waals surface area (Å²) in [6.45, 7) is 4.45. The van der Waals surface area contributed by atoms with Crippen LogP contribution in [0.15, 0.2) is 24.3 Å². The Labute approximate surface area is 114 Å². The number of hydrogen-bond acceptors (Lipinski definition) is 4. The number of hydroxylamine groups is 2. The predicted octanol–water partition coefficient (Wildman–Crippen LogP) is 2.69. The first-order chi connectivity index (χ1) is 8.93. The summed E-state index contributed by atoms with van der Waals surface area (Å²) in [6, 6.07) is 7.36. The minimum Gasteiger partial charge on any atom is -0.410 e. The molecule has 1 aromatic carbocycles. The maximum Gasteiger partial charge on any atom is 0.414 e. The molecule has 1 rings (SSSR count). The molecular weight excluding hydrogens is 244 g/mol. The van der Waals surface area contributed by atoms with E-state index >= 15 is 0 Å². The summed E-state index contributed by atoms with van der Waals surface area (Å²) in [7, 11) is 5.36. The number of carbonyl (C=O) groups excluding carboxylic acids is 1. The summed E-state index contributed by atoms with van der Waals surface area (Å²) in [4.78, 5) is 18.7. The summed E-state index contributed by atoms with van der Waals surface area (Å²) in [5.74, 6) is 0.525. The van der Waals surface area contributed by atoms with Crippen molar-refractivity contribution in [1.82, 2.24) is 9.96 Å². The Morgan fingerprint density at radius 1 is 1.32 bits per heavy atom. The van der Waals surface area contributed by atoms with Gasteiger partial charge in [-0.15, -0.1) is 0 Å². The van der Waals surface area contributed by atoms with E-state index in [9.17, 15) is 4.79 Å². The highest BCUT2D eigenvalue weighted by atomic mass is 16.7. The van der Waals surface area contributed by atoms with Gasteiger partial charge in [0, 0.05) is 27.7 Å². The molecule has 0 saturated carbocycles. The molecule has 5 nitrogen and oxygen atoms in total. The Balaban J connectivity index is 2.74. The van der Waals surface area contributed by atoms with Crippen LogP contribution in [0.25, 0.3) is 0 Å². The van der Waals surface area contributed by atoms with Crippen molar-refractivity contribution in [2.45, 2.75) is 20.0 Å². The third kappa shape index (κ3) is 4.89. The average Bonchev–Trinajstić information content (AvgIpc) is 2.37. The Kier molecular flexibility index (Phi) is 5.79. The smallest absolute Gasteiger partial charge is 0.410 e. The van der Waals surface area contributed by atoms with Gasteiger partial charge >= 0.3 is 6.09 Å². The lowest BCUT2D eigenvalue weighted by atomic mass is 10.1. The van der Waals surface area contributed by atoms with Gasteiger partial charge in [-0.25, -0.2) is 4.79 Å². The summed E-state index contributed by atoms with van der Waals surface area (Å²) < 4.78 is 5.28. The molecule has 1 aromatic rings. The van der Waals surface area contributed by atoms with Crippen molar-refractivity contribution in [1.29, 1.82) is 0 Å². The van der Waals surface area contributed by atoms with Crippen LogP contribution < -0.4 is 4.74 Å². The van der Waals surface area contributed by atoms with Gasteiger partial charge in [-0.1, -0.05) is 12.1 Å². The quantitative estimate of drug-likeness (QED) is 0.768. The van der Waals surface area contributed by atoms with E-state index in [4.69, 9.17) is 9.57 Å². The van der Waals surface area contributed by atoms with Crippen molar-refractivity contribution in [3.63, 3.8) is 0 Å². The van der Waals surface area contributed by atoms with E-state index in [1.54, 1.807) is 18.2 Å². The molecule has 0 radical (unpaired) electrons. The molecule has 0 heterocycles. The highest BCUT2D eigenvalue weighted by Crippen LogP contribution is 2.22. The first-order valence-electron chi connectivity index (χ1n) is 6.31. The van der Waals surface area contributed by atoms with E-state index in [1.807, 2.05) is 46.1 Å². The van der Waals surface area contributed by atoms with E-state index in [0.29, 0.717) is 12.3 Å². The third-order valence-electron chi connectivity index (χ3n) is 2.69. The fourth-order valence-corrected chi connectivity index (χ4v) is 1.52. The molecule has 0 saturated heterocycles. The summed E-state index contributed by atoms with van der Waals surface area (Å²) >= 11 is 0. The zero-order valence-electron chi connectivity index (χ0n) is 12.2. The number of rotatable bonds is 5. The summed E-state index contributed by atoms with van der Waals surface area (Å²) in [5, 5.41) is 1.65. The van der Waals surface area contributed by atoms with Crippen LogP contribution in [0.4, 0.5) is 4.79 Å². The largest absolute Gasteiger partial charge is 0.414 e. The first-order valence-corrected chi connectivity index (χ1v) is 6.31. The predicted molar refractivity (Wildman–Crippen MR) is 74.0 cm³/mol. The fourth-order valence-electron chi connectivity index (χ4n) is 1.52. The third-order valence-corrected chi connectivity index (χ3v) is 2.69. The SMILES string of the molecule is CCN(C)C(=O)Oc1cccc(C(C)ON(C)C)c1. The normalized spacial score (nSPS) is 12.3. The molecule has 0 spiro atoms. The minimum absolute atomic E-state index is 0.0995. The molecule has 19 heavy (non-hydrogen) atoms. The lowest BCUT2D eigenvalue weighted by Gasteiger charge is -2.19. The molecule has 0 N–H and O–H groups in total. The highest BCUT2D eigenvalue weighted by Gasteiger charge is 2.12. The lowest BCUT2D eigenvalue weighted by Crippen LogP contribution is -2.29. The molecule has 0 aliphatic carbocycles. The van der Waals surface area contributed by atoms with Crippen molar-refractivity contribution in [3.8, 4) is 5.75 Å². The zero-order valence-corrected chi connectivity index (χ0v) is 12.2. The van der Waals surface area contributed by atoms with E-state index in [1.165, 1.54) is 4.90 Å². The molecular formula is C14H22N2O3. The van der Waals surface area contributed by atoms with E-state index in [-0.39, 0.29) is 12.2 Å². The van der Waals surface area contributed by atoms with E-state index in [0.717, 1.165) is 5.56 Å². The van der Waals surface area contributed by atoms with Crippen molar-refractivity contribution in [2.24, 2.45) is 0 Å². The Morgan fingerprint density at radius 3 is 2.58 bits per heavy atom. The number of carbonyl (C=O) groups is 1. The number of amides is 1. The van der Waals surface area contributed by atoms with Gasteiger partial charge in [0.15, 0.2) is 0 Å². The van der Waals surface area contributed by atoms with Gasteiger partial charge in [0.25, 0.3) is 0 Å². The van der Waals surface area contributed by atoms with Gasteiger partial charge < -0.3 is 9.64 Å². The Hall–Kier alpha value is -1.59. The van der Waals surface area contributed by atoms with Gasteiger partial charge in [0.2, 0.25) is 0 Å². The Morgan fingerprint density at radius 2 is 2.00 bits per heavy atom. The molecule has 0 aliphatic rings.